The van der Waals surface area contributed by atoms with Gasteiger partial charge in [0.1, 0.15) is 0 Å². The number of benzene rings is 1. The van der Waals surface area contributed by atoms with Crippen molar-refractivity contribution >= 4 is 23.6 Å². The Kier molecular flexibility index (Phi) is 7.46. The molecule has 1 aliphatic rings. The maximum Gasteiger partial charge on any atom is 0.248 e. The van der Waals surface area contributed by atoms with Crippen molar-refractivity contribution in [3.63, 3.8) is 0 Å². The third-order valence-corrected chi connectivity index (χ3v) is 5.25. The molecule has 5 heteroatoms. The lowest BCUT2D eigenvalue weighted by Crippen LogP contribution is -2.42. The van der Waals surface area contributed by atoms with Gasteiger partial charge in [-0.25, -0.2) is 0 Å². The fourth-order valence-electron chi connectivity index (χ4n) is 2.83. The molecule has 0 bridgehead atoms. The summed E-state index contributed by atoms with van der Waals surface area (Å²) in [7, 11) is 0. The van der Waals surface area contributed by atoms with Crippen LogP contribution in [0.5, 0.6) is 0 Å². The van der Waals surface area contributed by atoms with Gasteiger partial charge in [-0.15, -0.1) is 11.8 Å². The first-order chi connectivity index (χ1) is 11.1. The van der Waals surface area contributed by atoms with Crippen molar-refractivity contribution in [2.75, 3.05) is 5.75 Å². The van der Waals surface area contributed by atoms with Gasteiger partial charge in [0, 0.05) is 11.3 Å². The van der Waals surface area contributed by atoms with Crippen LogP contribution in [-0.4, -0.2) is 17.6 Å². The number of rotatable bonds is 6. The number of thioether (sulfide) groups is 1. The highest BCUT2D eigenvalue weighted by Gasteiger charge is 2.15. The van der Waals surface area contributed by atoms with E-state index in [9.17, 15) is 9.59 Å². The number of hydrogen-bond acceptors (Lipinski definition) is 3. The Hall–Kier alpha value is -1.49. The number of nitrogens with one attached hydrogen (secondary N) is 2. The molecule has 2 amide bonds. The molecule has 2 N–H and O–H groups in total. The average Bonchev–Trinajstić information content (AvgIpc) is 2.58. The molecule has 0 aromatic heterocycles. The summed E-state index contributed by atoms with van der Waals surface area (Å²) in [5, 5.41) is 0. The van der Waals surface area contributed by atoms with Crippen LogP contribution in [0.2, 0.25) is 0 Å². The number of hydrazine groups is 1. The Morgan fingerprint density at radius 3 is 2.39 bits per heavy atom. The topological polar surface area (TPSA) is 58.2 Å². The molecule has 1 saturated carbocycles. The maximum atomic E-state index is 11.8. The Morgan fingerprint density at radius 2 is 1.70 bits per heavy atom. The van der Waals surface area contributed by atoms with Crippen molar-refractivity contribution in [2.24, 2.45) is 5.92 Å². The Morgan fingerprint density at radius 1 is 1.04 bits per heavy atom. The van der Waals surface area contributed by atoms with E-state index in [1.54, 1.807) is 0 Å². The van der Waals surface area contributed by atoms with Crippen molar-refractivity contribution in [2.45, 2.75) is 56.8 Å². The van der Waals surface area contributed by atoms with Crippen molar-refractivity contribution < 1.29 is 9.59 Å². The molecular weight excluding hydrogens is 308 g/mol. The van der Waals surface area contributed by atoms with Gasteiger partial charge in [0.25, 0.3) is 0 Å². The summed E-state index contributed by atoms with van der Waals surface area (Å²) in [6.45, 7) is 2.03. The van der Waals surface area contributed by atoms with E-state index in [-0.39, 0.29) is 11.8 Å². The normalized spacial score (nSPS) is 15.2. The molecule has 126 valence electrons. The minimum Gasteiger partial charge on any atom is -0.273 e. The van der Waals surface area contributed by atoms with Gasteiger partial charge in [-0.1, -0.05) is 49.8 Å². The van der Waals surface area contributed by atoms with Gasteiger partial charge in [-0.2, -0.15) is 0 Å². The van der Waals surface area contributed by atoms with E-state index in [2.05, 4.69) is 10.9 Å². The summed E-state index contributed by atoms with van der Waals surface area (Å²) in [6, 6.07) is 8.03. The Bertz CT molecular complexity index is 510. The van der Waals surface area contributed by atoms with Gasteiger partial charge in [0.2, 0.25) is 11.8 Å². The van der Waals surface area contributed by atoms with Gasteiger partial charge in [-0.3, -0.25) is 20.4 Å². The molecule has 0 unspecified atom stereocenters. The van der Waals surface area contributed by atoms with Gasteiger partial charge in [0.15, 0.2) is 0 Å². The molecule has 2 rings (SSSR count). The Balaban J connectivity index is 1.57. The Labute approximate surface area is 142 Å². The summed E-state index contributed by atoms with van der Waals surface area (Å²) >= 11 is 1.46. The quantitative estimate of drug-likeness (QED) is 0.617. The molecule has 0 saturated heterocycles. The summed E-state index contributed by atoms with van der Waals surface area (Å²) in [5.74, 6) is 0.708. The van der Waals surface area contributed by atoms with E-state index in [1.807, 2.05) is 31.2 Å². The molecular formula is C18H26N2O2S. The maximum absolute atomic E-state index is 11.8. The highest BCUT2D eigenvalue weighted by molar-refractivity contribution is 8.00. The fourth-order valence-corrected chi connectivity index (χ4v) is 3.53. The number of carbonyl (C=O) groups is 2. The molecule has 1 aromatic rings. The van der Waals surface area contributed by atoms with Gasteiger partial charge >= 0.3 is 0 Å². The molecule has 1 fully saturated rings. The molecule has 4 nitrogen and oxygen atoms in total. The third kappa shape index (κ3) is 7.08. The average molecular weight is 334 g/mol. The van der Waals surface area contributed by atoms with Crippen molar-refractivity contribution in [3.05, 3.63) is 29.8 Å². The predicted molar refractivity (Wildman–Crippen MR) is 94.0 cm³/mol. The zero-order chi connectivity index (χ0) is 16.5. The van der Waals surface area contributed by atoms with Crippen LogP contribution in [0.1, 0.15) is 50.5 Å². The second-order valence-electron chi connectivity index (χ2n) is 6.24. The van der Waals surface area contributed by atoms with Crippen LogP contribution in [0.3, 0.4) is 0 Å². The van der Waals surface area contributed by atoms with Gasteiger partial charge in [-0.05, 0) is 31.4 Å². The van der Waals surface area contributed by atoms with Crippen LogP contribution in [0.4, 0.5) is 0 Å². The van der Waals surface area contributed by atoms with Crippen molar-refractivity contribution in [3.8, 4) is 0 Å². The number of amides is 2. The molecule has 23 heavy (non-hydrogen) atoms. The predicted octanol–water partition coefficient (Wildman–Crippen LogP) is 3.60. The minimum atomic E-state index is -0.179. The standard InChI is InChI=1S/C18H26N2O2S/c1-14-7-10-16(11-8-14)23-13-18(22)20-19-17(21)12-9-15-5-3-2-4-6-15/h7-8,10-11,15H,2-6,9,12-13H2,1H3,(H,19,21)(H,20,22). The summed E-state index contributed by atoms with van der Waals surface area (Å²) in [4.78, 5) is 24.6. The van der Waals surface area contributed by atoms with Gasteiger partial charge in [0.05, 0.1) is 5.75 Å². The number of carbonyl (C=O) groups excluding carboxylic acids is 2. The van der Waals surface area contributed by atoms with Crippen LogP contribution in [0.15, 0.2) is 29.2 Å². The SMILES string of the molecule is Cc1ccc(SCC(=O)NNC(=O)CCC2CCCCC2)cc1. The smallest absolute Gasteiger partial charge is 0.248 e. The molecule has 0 aliphatic heterocycles. The van der Waals surface area contributed by atoms with Crippen LogP contribution >= 0.6 is 11.8 Å². The lowest BCUT2D eigenvalue weighted by Gasteiger charge is -2.20. The number of hydrogen-bond donors (Lipinski definition) is 2. The van der Waals surface area contributed by atoms with Crippen molar-refractivity contribution in [1.29, 1.82) is 0 Å². The fraction of sp³-hybridized carbons (Fsp3) is 0.556. The highest BCUT2D eigenvalue weighted by Crippen LogP contribution is 2.27. The summed E-state index contributed by atoms with van der Waals surface area (Å²) in [6.07, 6.45) is 7.82. The molecule has 0 radical (unpaired) electrons. The van der Waals surface area contributed by atoms with E-state index in [4.69, 9.17) is 0 Å². The van der Waals surface area contributed by atoms with E-state index < -0.39 is 0 Å². The highest BCUT2D eigenvalue weighted by atomic mass is 32.2. The molecule has 0 atom stereocenters. The monoisotopic (exact) mass is 334 g/mol. The minimum absolute atomic E-state index is 0.0933. The second-order valence-corrected chi connectivity index (χ2v) is 7.29. The first-order valence-corrected chi connectivity index (χ1v) is 9.39. The van der Waals surface area contributed by atoms with Gasteiger partial charge < -0.3 is 0 Å². The first kappa shape index (κ1) is 17.9. The van der Waals surface area contributed by atoms with E-state index in [1.165, 1.54) is 49.4 Å². The first-order valence-electron chi connectivity index (χ1n) is 8.40. The number of aryl methyl sites for hydroxylation is 1. The molecule has 1 aromatic carbocycles. The van der Waals surface area contributed by atoms with Crippen LogP contribution in [0, 0.1) is 12.8 Å². The summed E-state index contributed by atoms with van der Waals surface area (Å²) < 4.78 is 0. The van der Waals surface area contributed by atoms with Crippen LogP contribution in [-0.2, 0) is 9.59 Å². The largest absolute Gasteiger partial charge is 0.273 e. The van der Waals surface area contributed by atoms with Crippen LogP contribution < -0.4 is 10.9 Å². The third-order valence-electron chi connectivity index (χ3n) is 4.24. The molecule has 0 spiro atoms. The van der Waals surface area contributed by atoms with E-state index in [0.717, 1.165) is 11.3 Å². The van der Waals surface area contributed by atoms with E-state index >= 15 is 0 Å². The summed E-state index contributed by atoms with van der Waals surface area (Å²) in [5.41, 5.74) is 6.21. The lowest BCUT2D eigenvalue weighted by molar-refractivity contribution is -0.127. The zero-order valence-corrected chi connectivity index (χ0v) is 14.6. The van der Waals surface area contributed by atoms with Crippen molar-refractivity contribution in [1.82, 2.24) is 10.9 Å². The molecule has 1 aliphatic carbocycles. The molecule has 0 heterocycles. The lowest BCUT2D eigenvalue weighted by atomic mass is 9.86. The zero-order valence-electron chi connectivity index (χ0n) is 13.8. The second kappa shape index (κ2) is 9.60. The van der Waals surface area contributed by atoms with Crippen LogP contribution in [0.25, 0.3) is 0 Å². The van der Waals surface area contributed by atoms with E-state index in [0.29, 0.717) is 18.1 Å².